The van der Waals surface area contributed by atoms with Gasteiger partial charge in [0, 0.05) is 54.4 Å². The van der Waals surface area contributed by atoms with Crippen LogP contribution in [0, 0.1) is 6.92 Å². The third-order valence-electron chi connectivity index (χ3n) is 5.96. The summed E-state index contributed by atoms with van der Waals surface area (Å²) >= 11 is 0. The highest BCUT2D eigenvalue weighted by Gasteiger charge is 2.32. The fraction of sp³-hybridized carbons (Fsp3) is 0.409. The number of hydrogen-bond donors (Lipinski definition) is 0. The first-order chi connectivity index (χ1) is 12.1. The van der Waals surface area contributed by atoms with Gasteiger partial charge in [0.25, 0.3) is 0 Å². The van der Waals surface area contributed by atoms with Gasteiger partial charge >= 0.3 is 0 Å². The number of nitrogens with zero attached hydrogens (tertiary/aromatic N) is 3. The minimum Gasteiger partial charge on any atom is -0.344 e. The summed E-state index contributed by atoms with van der Waals surface area (Å²) in [4.78, 5) is 7.02. The van der Waals surface area contributed by atoms with Gasteiger partial charge in [-0.15, -0.1) is 0 Å². The third-order valence-corrected chi connectivity index (χ3v) is 5.96. The standard InChI is InChI=1S/C22H27N3/c1-15-8-7-10-19-21-17(3)24(4)16(2)14-20(21)25(22(15)19)13-11-18-9-5-6-12-23-18/h5-10,12,16-17H,11,13-14H2,1-4H3. The second-order valence-corrected chi connectivity index (χ2v) is 7.45. The lowest BCUT2D eigenvalue weighted by Gasteiger charge is -2.36. The summed E-state index contributed by atoms with van der Waals surface area (Å²) in [6.07, 6.45) is 3.99. The summed E-state index contributed by atoms with van der Waals surface area (Å²) in [7, 11) is 2.26. The summed E-state index contributed by atoms with van der Waals surface area (Å²) in [6.45, 7) is 7.92. The van der Waals surface area contributed by atoms with Gasteiger partial charge in [-0.2, -0.15) is 0 Å². The Morgan fingerprint density at radius 3 is 2.72 bits per heavy atom. The number of pyridine rings is 1. The van der Waals surface area contributed by atoms with Gasteiger partial charge in [0.05, 0.1) is 5.52 Å². The Balaban J connectivity index is 1.84. The van der Waals surface area contributed by atoms with Gasteiger partial charge in [-0.1, -0.05) is 24.3 Å². The Morgan fingerprint density at radius 2 is 1.96 bits per heavy atom. The van der Waals surface area contributed by atoms with Crippen molar-refractivity contribution in [2.24, 2.45) is 0 Å². The van der Waals surface area contributed by atoms with E-state index in [1.807, 2.05) is 12.3 Å². The molecule has 3 heterocycles. The van der Waals surface area contributed by atoms with Crippen LogP contribution < -0.4 is 0 Å². The van der Waals surface area contributed by atoms with Crippen molar-refractivity contribution < 1.29 is 0 Å². The van der Waals surface area contributed by atoms with Crippen molar-refractivity contribution in [2.75, 3.05) is 7.05 Å². The molecule has 1 aliphatic rings. The summed E-state index contributed by atoms with van der Waals surface area (Å²) in [6, 6.07) is 14.0. The lowest BCUT2D eigenvalue weighted by Crippen LogP contribution is -2.38. The van der Waals surface area contributed by atoms with Gasteiger partial charge < -0.3 is 4.57 Å². The Labute approximate surface area is 150 Å². The van der Waals surface area contributed by atoms with Crippen molar-refractivity contribution in [3.8, 4) is 0 Å². The molecule has 2 aromatic heterocycles. The van der Waals surface area contributed by atoms with Crippen molar-refractivity contribution in [2.45, 2.75) is 52.2 Å². The first kappa shape index (κ1) is 16.3. The van der Waals surface area contributed by atoms with Crippen molar-refractivity contribution in [3.63, 3.8) is 0 Å². The minimum atomic E-state index is 0.458. The van der Waals surface area contributed by atoms with Crippen molar-refractivity contribution in [1.82, 2.24) is 14.5 Å². The second-order valence-electron chi connectivity index (χ2n) is 7.45. The van der Waals surface area contributed by atoms with Crippen molar-refractivity contribution in [3.05, 3.63) is 65.1 Å². The van der Waals surface area contributed by atoms with Crippen LogP contribution in [0.3, 0.4) is 0 Å². The summed E-state index contributed by atoms with van der Waals surface area (Å²) in [5.74, 6) is 0. The molecule has 1 aliphatic heterocycles. The van der Waals surface area contributed by atoms with Crippen LogP contribution in [0.15, 0.2) is 42.6 Å². The van der Waals surface area contributed by atoms with Crippen LogP contribution >= 0.6 is 0 Å². The number of aryl methyl sites for hydroxylation is 3. The van der Waals surface area contributed by atoms with Crippen LogP contribution in [-0.4, -0.2) is 27.5 Å². The molecule has 0 bridgehead atoms. The highest BCUT2D eigenvalue weighted by molar-refractivity contribution is 5.89. The number of hydrogen-bond acceptors (Lipinski definition) is 2. The molecule has 3 heteroatoms. The average Bonchev–Trinajstić information content (AvgIpc) is 2.93. The van der Waals surface area contributed by atoms with E-state index in [2.05, 4.69) is 72.6 Å². The van der Waals surface area contributed by atoms with E-state index >= 15 is 0 Å². The molecule has 3 aromatic rings. The fourth-order valence-corrected chi connectivity index (χ4v) is 4.38. The molecule has 1 aromatic carbocycles. The zero-order chi connectivity index (χ0) is 17.6. The maximum atomic E-state index is 4.51. The minimum absolute atomic E-state index is 0.458. The molecule has 0 aliphatic carbocycles. The Kier molecular flexibility index (Phi) is 4.12. The van der Waals surface area contributed by atoms with Crippen LogP contribution in [-0.2, 0) is 19.4 Å². The number of rotatable bonds is 3. The zero-order valence-corrected chi connectivity index (χ0v) is 15.7. The lowest BCUT2D eigenvalue weighted by atomic mass is 9.93. The van der Waals surface area contributed by atoms with Gasteiger partial charge in [-0.05, 0) is 51.1 Å². The van der Waals surface area contributed by atoms with E-state index in [-0.39, 0.29) is 0 Å². The lowest BCUT2D eigenvalue weighted by molar-refractivity contribution is 0.177. The van der Waals surface area contributed by atoms with E-state index < -0.39 is 0 Å². The highest BCUT2D eigenvalue weighted by Crippen LogP contribution is 2.40. The predicted octanol–water partition coefficient (Wildman–Crippen LogP) is 4.52. The monoisotopic (exact) mass is 333 g/mol. The molecular formula is C22H27N3. The molecule has 2 atom stereocenters. The summed E-state index contributed by atoms with van der Waals surface area (Å²) in [5.41, 5.74) is 7.01. The summed E-state index contributed by atoms with van der Waals surface area (Å²) in [5, 5.41) is 1.43. The van der Waals surface area contributed by atoms with Crippen molar-refractivity contribution >= 4 is 10.9 Å². The van der Waals surface area contributed by atoms with Crippen LogP contribution in [0.5, 0.6) is 0 Å². The van der Waals surface area contributed by atoms with Crippen LogP contribution in [0.1, 0.15) is 42.4 Å². The normalized spacial score (nSPS) is 20.8. The van der Waals surface area contributed by atoms with E-state index in [1.165, 1.54) is 33.4 Å². The van der Waals surface area contributed by atoms with Crippen molar-refractivity contribution in [1.29, 1.82) is 0 Å². The first-order valence-electron chi connectivity index (χ1n) is 9.30. The molecule has 2 unspecified atom stereocenters. The third kappa shape index (κ3) is 2.67. The first-order valence-corrected chi connectivity index (χ1v) is 9.30. The molecule has 130 valence electrons. The van der Waals surface area contributed by atoms with Gasteiger partial charge in [-0.3, -0.25) is 9.88 Å². The average molecular weight is 333 g/mol. The predicted molar refractivity (Wildman–Crippen MR) is 104 cm³/mol. The number of likely N-dealkylation sites (N-methyl/N-ethyl adjacent to an activating group) is 1. The molecule has 0 fully saturated rings. The Hall–Kier alpha value is -2.13. The molecule has 0 amide bonds. The largest absolute Gasteiger partial charge is 0.344 e. The van der Waals surface area contributed by atoms with E-state index in [1.54, 1.807) is 0 Å². The Bertz CT molecular complexity index is 895. The van der Waals surface area contributed by atoms with E-state index in [0.29, 0.717) is 12.1 Å². The van der Waals surface area contributed by atoms with Crippen LogP contribution in [0.2, 0.25) is 0 Å². The zero-order valence-electron chi connectivity index (χ0n) is 15.7. The molecule has 3 nitrogen and oxygen atoms in total. The molecule has 0 saturated carbocycles. The topological polar surface area (TPSA) is 21.1 Å². The number of fused-ring (bicyclic) bond motifs is 3. The summed E-state index contributed by atoms with van der Waals surface area (Å²) < 4.78 is 2.58. The van der Waals surface area contributed by atoms with Crippen LogP contribution in [0.4, 0.5) is 0 Å². The maximum Gasteiger partial charge on any atom is 0.0515 e. The molecule has 0 radical (unpaired) electrons. The molecule has 0 N–H and O–H groups in total. The van der Waals surface area contributed by atoms with Gasteiger partial charge in [-0.25, -0.2) is 0 Å². The van der Waals surface area contributed by atoms with Crippen LogP contribution in [0.25, 0.3) is 10.9 Å². The van der Waals surface area contributed by atoms with Gasteiger partial charge in [0.15, 0.2) is 0 Å². The SMILES string of the molecule is Cc1cccc2c3c(n(CCc4ccccn4)c12)CC(C)N(C)C3C. The Morgan fingerprint density at radius 1 is 1.12 bits per heavy atom. The molecular weight excluding hydrogens is 306 g/mol. The van der Waals surface area contributed by atoms with Gasteiger partial charge in [0.1, 0.15) is 0 Å². The fourth-order valence-electron chi connectivity index (χ4n) is 4.38. The van der Waals surface area contributed by atoms with E-state index in [0.717, 1.165) is 19.4 Å². The molecule has 0 spiro atoms. The van der Waals surface area contributed by atoms with E-state index in [9.17, 15) is 0 Å². The highest BCUT2D eigenvalue weighted by atomic mass is 15.2. The van der Waals surface area contributed by atoms with Gasteiger partial charge in [0.2, 0.25) is 0 Å². The molecule has 0 saturated heterocycles. The maximum absolute atomic E-state index is 4.51. The number of aromatic nitrogens is 2. The number of benzene rings is 1. The quantitative estimate of drug-likeness (QED) is 0.702. The smallest absolute Gasteiger partial charge is 0.0515 e. The molecule has 4 rings (SSSR count). The molecule has 25 heavy (non-hydrogen) atoms. The second kappa shape index (κ2) is 6.30. The van der Waals surface area contributed by atoms with E-state index in [4.69, 9.17) is 0 Å². The number of para-hydroxylation sites is 1.